The fourth-order valence-corrected chi connectivity index (χ4v) is 1.56. The van der Waals surface area contributed by atoms with Crippen molar-refractivity contribution in [1.82, 2.24) is 0 Å². The number of hydrogen-bond donors (Lipinski definition) is 0. The molecule has 0 saturated heterocycles. The SMILES string of the molecule is C=C(/C=C\C(=C)C(=C)/C=C(/C)C(=C)C(=C)/C=C\C(=C)C(C)=O)CC.CCC. The Labute approximate surface area is 167 Å². The summed E-state index contributed by atoms with van der Waals surface area (Å²) in [6.45, 7) is 33.4. The van der Waals surface area contributed by atoms with E-state index in [1.807, 2.05) is 25.2 Å². The topological polar surface area (TPSA) is 17.1 Å². The molecular weight excluding hydrogens is 328 g/mol. The van der Waals surface area contributed by atoms with Crippen molar-refractivity contribution in [2.45, 2.75) is 47.5 Å². The summed E-state index contributed by atoms with van der Waals surface area (Å²) in [7, 11) is 0. The van der Waals surface area contributed by atoms with Gasteiger partial charge in [0, 0.05) is 5.57 Å². The van der Waals surface area contributed by atoms with Crippen LogP contribution in [0.15, 0.2) is 109 Å². The molecule has 0 saturated carbocycles. The number of ketones is 1. The van der Waals surface area contributed by atoms with Gasteiger partial charge in [0.15, 0.2) is 5.78 Å². The molecule has 27 heavy (non-hydrogen) atoms. The minimum atomic E-state index is -0.0675. The van der Waals surface area contributed by atoms with E-state index in [2.05, 4.69) is 60.2 Å². The van der Waals surface area contributed by atoms with E-state index in [1.165, 1.54) is 13.3 Å². The predicted molar refractivity (Wildman–Crippen MR) is 124 cm³/mol. The molecule has 0 aromatic carbocycles. The lowest BCUT2D eigenvalue weighted by molar-refractivity contribution is -0.113. The Hall–Kier alpha value is -2.67. The number of hydrogen-bond acceptors (Lipinski definition) is 1. The molecule has 0 atom stereocenters. The van der Waals surface area contributed by atoms with E-state index in [0.29, 0.717) is 5.57 Å². The zero-order valence-electron chi connectivity index (χ0n) is 18.0. The van der Waals surface area contributed by atoms with Crippen LogP contribution in [0.1, 0.15) is 47.5 Å². The fraction of sp³-hybridized carbons (Fsp3) is 0.269. The molecule has 0 aliphatic carbocycles. The molecule has 0 amide bonds. The first-order valence-corrected chi connectivity index (χ1v) is 9.20. The van der Waals surface area contributed by atoms with Gasteiger partial charge in [-0.25, -0.2) is 0 Å². The van der Waals surface area contributed by atoms with Crippen molar-refractivity contribution in [3.05, 3.63) is 109 Å². The van der Waals surface area contributed by atoms with Crippen molar-refractivity contribution in [1.29, 1.82) is 0 Å². The van der Waals surface area contributed by atoms with Crippen molar-refractivity contribution >= 4 is 5.78 Å². The molecule has 0 unspecified atom stereocenters. The van der Waals surface area contributed by atoms with Crippen molar-refractivity contribution in [2.24, 2.45) is 0 Å². The summed E-state index contributed by atoms with van der Waals surface area (Å²) in [6, 6.07) is 0. The highest BCUT2D eigenvalue weighted by atomic mass is 16.1. The van der Waals surface area contributed by atoms with Crippen molar-refractivity contribution in [2.75, 3.05) is 0 Å². The average molecular weight is 365 g/mol. The van der Waals surface area contributed by atoms with E-state index in [0.717, 1.165) is 39.9 Å². The van der Waals surface area contributed by atoms with Crippen molar-refractivity contribution in [3.8, 4) is 0 Å². The molecule has 0 aromatic heterocycles. The molecule has 0 bridgehead atoms. The van der Waals surface area contributed by atoms with Crippen molar-refractivity contribution in [3.63, 3.8) is 0 Å². The fourth-order valence-electron chi connectivity index (χ4n) is 1.56. The van der Waals surface area contributed by atoms with Crippen LogP contribution >= 0.6 is 0 Å². The maximum Gasteiger partial charge on any atom is 0.159 e. The molecule has 0 heterocycles. The highest BCUT2D eigenvalue weighted by molar-refractivity contribution is 5.95. The number of rotatable bonds is 10. The normalized spacial score (nSPS) is 10.9. The van der Waals surface area contributed by atoms with E-state index < -0.39 is 0 Å². The van der Waals surface area contributed by atoms with Crippen LogP contribution in [0.25, 0.3) is 0 Å². The second-order valence-corrected chi connectivity index (χ2v) is 6.35. The van der Waals surface area contributed by atoms with E-state index in [1.54, 1.807) is 12.2 Å². The Morgan fingerprint density at radius 2 is 1.15 bits per heavy atom. The van der Waals surface area contributed by atoms with Gasteiger partial charge in [-0.2, -0.15) is 0 Å². The number of carbonyl (C=O) groups is 1. The van der Waals surface area contributed by atoms with Crippen LogP contribution in [0.2, 0.25) is 0 Å². The highest BCUT2D eigenvalue weighted by Gasteiger charge is 2.03. The number of Topliss-reactive ketones (excluding diaryl/α,β-unsaturated/α-hetero) is 1. The second-order valence-electron chi connectivity index (χ2n) is 6.35. The quantitative estimate of drug-likeness (QED) is 0.285. The van der Waals surface area contributed by atoms with Crippen LogP contribution in [0.5, 0.6) is 0 Å². The molecule has 0 fully saturated rings. The summed E-state index contributed by atoms with van der Waals surface area (Å²) in [6.07, 6.45) is 11.3. The molecular formula is C26H36O. The molecule has 1 nitrogen and oxygen atoms in total. The summed E-state index contributed by atoms with van der Waals surface area (Å²) in [5, 5.41) is 0. The van der Waals surface area contributed by atoms with Gasteiger partial charge in [-0.3, -0.25) is 4.79 Å². The Kier molecular flexibility index (Phi) is 14.3. The Morgan fingerprint density at radius 1 is 0.704 bits per heavy atom. The van der Waals surface area contributed by atoms with Gasteiger partial charge in [0.2, 0.25) is 0 Å². The maximum atomic E-state index is 11.2. The van der Waals surface area contributed by atoms with Crippen LogP contribution in [-0.4, -0.2) is 5.78 Å². The Balaban J connectivity index is 0. The average Bonchev–Trinajstić information content (AvgIpc) is 2.62. The van der Waals surface area contributed by atoms with Gasteiger partial charge in [0.05, 0.1) is 0 Å². The van der Waals surface area contributed by atoms with E-state index >= 15 is 0 Å². The van der Waals surface area contributed by atoms with Gasteiger partial charge in [-0.15, -0.1) is 0 Å². The van der Waals surface area contributed by atoms with Gasteiger partial charge < -0.3 is 0 Å². The first-order valence-electron chi connectivity index (χ1n) is 9.20. The smallest absolute Gasteiger partial charge is 0.159 e. The molecule has 0 spiro atoms. The maximum absolute atomic E-state index is 11.2. The third kappa shape index (κ3) is 12.3. The van der Waals surface area contributed by atoms with Gasteiger partial charge in [0.25, 0.3) is 0 Å². The second kappa shape index (κ2) is 14.5. The lowest BCUT2D eigenvalue weighted by Crippen LogP contribution is -1.92. The molecule has 0 rings (SSSR count). The third-order valence-corrected chi connectivity index (χ3v) is 3.58. The zero-order valence-corrected chi connectivity index (χ0v) is 18.0. The van der Waals surface area contributed by atoms with E-state index in [-0.39, 0.29) is 5.78 Å². The standard InChI is InChI=1S/C23H28O.C3H8/c1-10-16(2)11-12-17(3)20(6)15-21(7)22(8)18(4)13-14-19(5)23(9)24;1-3-2/h11-15H,2-6,8,10H2,1,7,9H3;3H2,1-2H3/b12-11-,14-13-,21-15-;. The van der Waals surface area contributed by atoms with E-state index in [4.69, 9.17) is 0 Å². The lowest BCUT2D eigenvalue weighted by Gasteiger charge is -2.08. The number of carbonyl (C=O) groups excluding carboxylic acids is 1. The first kappa shape index (κ1) is 26.6. The summed E-state index contributed by atoms with van der Waals surface area (Å²) < 4.78 is 0. The van der Waals surface area contributed by atoms with Crippen LogP contribution in [-0.2, 0) is 4.79 Å². The molecule has 0 aliphatic heterocycles. The largest absolute Gasteiger partial charge is 0.295 e. The first-order chi connectivity index (χ1) is 12.5. The summed E-state index contributed by atoms with van der Waals surface area (Å²) in [5.41, 5.74) is 5.54. The molecule has 0 N–H and O–H groups in total. The lowest BCUT2D eigenvalue weighted by atomic mass is 9.97. The third-order valence-electron chi connectivity index (χ3n) is 3.58. The van der Waals surface area contributed by atoms with Gasteiger partial charge in [0.1, 0.15) is 0 Å². The van der Waals surface area contributed by atoms with E-state index in [9.17, 15) is 4.79 Å². The van der Waals surface area contributed by atoms with Gasteiger partial charge in [-0.1, -0.05) is 103 Å². The van der Waals surface area contributed by atoms with Crippen molar-refractivity contribution < 1.29 is 4.79 Å². The predicted octanol–water partition coefficient (Wildman–Crippen LogP) is 7.80. The minimum Gasteiger partial charge on any atom is -0.295 e. The monoisotopic (exact) mass is 364 g/mol. The van der Waals surface area contributed by atoms with Crippen LogP contribution in [0.4, 0.5) is 0 Å². The van der Waals surface area contributed by atoms with Gasteiger partial charge in [-0.05, 0) is 48.1 Å². The summed E-state index contributed by atoms with van der Waals surface area (Å²) >= 11 is 0. The van der Waals surface area contributed by atoms with Crippen LogP contribution < -0.4 is 0 Å². The molecule has 1 heteroatoms. The molecule has 0 aromatic rings. The number of allylic oxidation sites excluding steroid dienone is 12. The Bertz CT molecular complexity index is 702. The minimum absolute atomic E-state index is 0.0675. The zero-order chi connectivity index (χ0) is 21.6. The summed E-state index contributed by atoms with van der Waals surface area (Å²) in [4.78, 5) is 11.2. The molecule has 0 radical (unpaired) electrons. The molecule has 0 aliphatic rings. The summed E-state index contributed by atoms with van der Waals surface area (Å²) in [5.74, 6) is -0.0675. The Morgan fingerprint density at radius 3 is 1.59 bits per heavy atom. The van der Waals surface area contributed by atoms with Gasteiger partial charge >= 0.3 is 0 Å². The molecule has 146 valence electrons. The van der Waals surface area contributed by atoms with Crippen LogP contribution in [0.3, 0.4) is 0 Å². The van der Waals surface area contributed by atoms with Crippen LogP contribution in [0, 0.1) is 0 Å². The highest BCUT2D eigenvalue weighted by Crippen LogP contribution is 2.21.